The van der Waals surface area contributed by atoms with Gasteiger partial charge in [-0.25, -0.2) is 4.79 Å². The first-order valence-corrected chi connectivity index (χ1v) is 12.4. The van der Waals surface area contributed by atoms with Gasteiger partial charge < -0.3 is 20.1 Å². The summed E-state index contributed by atoms with van der Waals surface area (Å²) in [6, 6.07) is 10.4. The third kappa shape index (κ3) is 7.45. The molecule has 1 fully saturated rings. The number of nitrogens with one attached hydrogen (secondary N) is 1. The van der Waals surface area contributed by atoms with Crippen molar-refractivity contribution in [1.82, 2.24) is 15.1 Å². The molecular formula is C27H31F6N3O4. The quantitative estimate of drug-likeness (QED) is 0.483. The van der Waals surface area contributed by atoms with Crippen LogP contribution in [0.25, 0.3) is 11.1 Å². The molecule has 220 valence electrons. The highest BCUT2D eigenvalue weighted by molar-refractivity contribution is 5.82. The second kappa shape index (κ2) is 11.7. The zero-order valence-corrected chi connectivity index (χ0v) is 22.2. The zero-order valence-electron chi connectivity index (χ0n) is 22.2. The normalized spacial score (nSPS) is 15.6. The van der Waals surface area contributed by atoms with Gasteiger partial charge in [-0.2, -0.15) is 26.3 Å². The minimum Gasteiger partial charge on any atom is -0.444 e. The minimum atomic E-state index is -5.94. The summed E-state index contributed by atoms with van der Waals surface area (Å²) < 4.78 is 83.8. The fraction of sp³-hybridized carbons (Fsp3) is 0.481. The van der Waals surface area contributed by atoms with E-state index in [1.807, 2.05) is 0 Å². The smallest absolute Gasteiger partial charge is 0.430 e. The number of alkyl halides is 6. The third-order valence-corrected chi connectivity index (χ3v) is 6.32. The molecule has 40 heavy (non-hydrogen) atoms. The average molecular weight is 576 g/mol. The van der Waals surface area contributed by atoms with Crippen LogP contribution in [0.4, 0.5) is 31.1 Å². The first kappa shape index (κ1) is 31.2. The van der Waals surface area contributed by atoms with E-state index in [-0.39, 0.29) is 12.5 Å². The van der Waals surface area contributed by atoms with Crippen LogP contribution in [0.1, 0.15) is 31.9 Å². The van der Waals surface area contributed by atoms with Gasteiger partial charge in [0, 0.05) is 38.3 Å². The van der Waals surface area contributed by atoms with Gasteiger partial charge in [-0.3, -0.25) is 9.69 Å². The molecule has 0 spiro atoms. The van der Waals surface area contributed by atoms with Gasteiger partial charge >= 0.3 is 18.4 Å². The number of alkyl carbamates (subject to hydrolysis) is 1. The van der Waals surface area contributed by atoms with Crippen LogP contribution in [-0.2, 0) is 21.7 Å². The van der Waals surface area contributed by atoms with Crippen molar-refractivity contribution in [3.05, 3.63) is 59.7 Å². The fourth-order valence-corrected chi connectivity index (χ4v) is 4.18. The maximum absolute atomic E-state index is 13.1. The molecule has 3 rings (SSSR count). The lowest BCUT2D eigenvalue weighted by atomic mass is 9.90. The number of amides is 2. The van der Waals surface area contributed by atoms with Crippen LogP contribution < -0.4 is 5.32 Å². The summed E-state index contributed by atoms with van der Waals surface area (Å²) in [6.45, 7) is 7.73. The molecule has 2 N–H and O–H groups in total. The highest BCUT2D eigenvalue weighted by Crippen LogP contribution is 2.50. The van der Waals surface area contributed by atoms with Crippen molar-refractivity contribution in [2.45, 2.75) is 50.9 Å². The molecule has 1 heterocycles. The molecule has 1 saturated heterocycles. The van der Waals surface area contributed by atoms with Crippen LogP contribution in [0.15, 0.2) is 48.5 Å². The molecule has 0 atom stereocenters. The van der Waals surface area contributed by atoms with E-state index in [1.165, 1.54) is 0 Å². The van der Waals surface area contributed by atoms with E-state index in [1.54, 1.807) is 49.9 Å². The molecule has 1 aliphatic rings. The van der Waals surface area contributed by atoms with Gasteiger partial charge in [-0.05, 0) is 37.5 Å². The standard InChI is InChI=1S/C27H31F6N3O4/c1-24(2,3)40-23(38)34-16-22(37)36-14-12-35(13-15-36)17-18-4-6-19(7-5-18)20-8-10-21(11-9-20)25(39,26(28,29)30)27(31,32)33/h4-11,39H,12-17H2,1-3H3,(H,34,38). The van der Waals surface area contributed by atoms with Crippen LogP contribution in [0.2, 0.25) is 0 Å². The Morgan fingerprint density at radius 3 is 1.75 bits per heavy atom. The molecule has 0 aliphatic carbocycles. The predicted octanol–water partition coefficient (Wildman–Crippen LogP) is 4.83. The Bertz CT molecular complexity index is 1150. The third-order valence-electron chi connectivity index (χ3n) is 6.32. The molecular weight excluding hydrogens is 544 g/mol. The van der Waals surface area contributed by atoms with Crippen LogP contribution >= 0.6 is 0 Å². The second-order valence-corrected chi connectivity index (χ2v) is 10.5. The highest BCUT2D eigenvalue weighted by Gasteiger charge is 2.71. The number of nitrogens with zero attached hydrogens (tertiary/aromatic N) is 2. The van der Waals surface area contributed by atoms with Crippen molar-refractivity contribution in [2.24, 2.45) is 0 Å². The maximum Gasteiger partial charge on any atom is 0.430 e. The van der Waals surface area contributed by atoms with E-state index in [9.17, 15) is 41.0 Å². The molecule has 2 amide bonds. The lowest BCUT2D eigenvalue weighted by Crippen LogP contribution is -2.53. The van der Waals surface area contributed by atoms with E-state index in [0.29, 0.717) is 56.0 Å². The van der Waals surface area contributed by atoms with Crippen LogP contribution in [0, 0.1) is 0 Å². The molecule has 0 bridgehead atoms. The van der Waals surface area contributed by atoms with Crippen LogP contribution in [0.3, 0.4) is 0 Å². The Labute approximate surface area is 227 Å². The number of carbonyl (C=O) groups excluding carboxylic acids is 2. The minimum absolute atomic E-state index is 0.164. The number of aliphatic hydroxyl groups is 1. The molecule has 13 heteroatoms. The van der Waals surface area contributed by atoms with Crippen molar-refractivity contribution in [2.75, 3.05) is 32.7 Å². The fourth-order valence-electron chi connectivity index (χ4n) is 4.18. The molecule has 0 radical (unpaired) electrons. The number of halogens is 6. The van der Waals surface area contributed by atoms with Gasteiger partial charge in [-0.1, -0.05) is 48.5 Å². The summed E-state index contributed by atoms with van der Waals surface area (Å²) in [5.74, 6) is -0.218. The van der Waals surface area contributed by atoms with Gasteiger partial charge in [0.1, 0.15) is 12.1 Å². The highest BCUT2D eigenvalue weighted by atomic mass is 19.4. The monoisotopic (exact) mass is 575 g/mol. The van der Waals surface area contributed by atoms with E-state index in [0.717, 1.165) is 17.7 Å². The van der Waals surface area contributed by atoms with E-state index in [2.05, 4.69) is 10.2 Å². The SMILES string of the molecule is CC(C)(C)OC(=O)NCC(=O)N1CCN(Cc2ccc(-c3ccc(C(O)(C(F)(F)F)C(F)(F)F)cc3)cc2)CC1. The van der Waals surface area contributed by atoms with E-state index >= 15 is 0 Å². The predicted molar refractivity (Wildman–Crippen MR) is 134 cm³/mol. The first-order chi connectivity index (χ1) is 18.4. The summed E-state index contributed by atoms with van der Waals surface area (Å²) in [7, 11) is 0. The van der Waals surface area contributed by atoms with E-state index < -0.39 is 35.2 Å². The topological polar surface area (TPSA) is 82.1 Å². The number of hydrogen-bond donors (Lipinski definition) is 2. The summed E-state index contributed by atoms with van der Waals surface area (Å²) in [4.78, 5) is 27.9. The molecule has 2 aromatic rings. The zero-order chi connectivity index (χ0) is 29.9. The summed E-state index contributed by atoms with van der Waals surface area (Å²) >= 11 is 0. The number of piperazine rings is 1. The van der Waals surface area contributed by atoms with Crippen molar-refractivity contribution in [3.8, 4) is 11.1 Å². The Morgan fingerprint density at radius 2 is 1.30 bits per heavy atom. The van der Waals surface area contributed by atoms with Gasteiger partial charge in [0.05, 0.1) is 0 Å². The Hall–Kier alpha value is -3.32. The Balaban J connectivity index is 1.54. The van der Waals surface area contributed by atoms with Crippen molar-refractivity contribution in [3.63, 3.8) is 0 Å². The summed E-state index contributed by atoms with van der Waals surface area (Å²) in [5.41, 5.74) is -5.06. The van der Waals surface area contributed by atoms with Gasteiger partial charge in [-0.15, -0.1) is 0 Å². The molecule has 2 aromatic carbocycles. The molecule has 0 saturated carbocycles. The lowest BCUT2D eigenvalue weighted by molar-refractivity contribution is -0.376. The molecule has 0 unspecified atom stereocenters. The number of ether oxygens (including phenoxy) is 1. The Morgan fingerprint density at radius 1 is 0.825 bits per heavy atom. The first-order valence-electron chi connectivity index (χ1n) is 12.4. The molecule has 0 aromatic heterocycles. The van der Waals surface area contributed by atoms with Crippen LogP contribution in [0.5, 0.6) is 0 Å². The maximum atomic E-state index is 13.1. The van der Waals surface area contributed by atoms with Crippen molar-refractivity contribution in [1.29, 1.82) is 0 Å². The molecule has 1 aliphatic heterocycles. The average Bonchev–Trinajstić information content (AvgIpc) is 2.85. The lowest BCUT2D eigenvalue weighted by Gasteiger charge is -2.34. The van der Waals surface area contributed by atoms with Gasteiger partial charge in [0.25, 0.3) is 5.60 Å². The largest absolute Gasteiger partial charge is 0.444 e. The number of carbonyl (C=O) groups is 2. The van der Waals surface area contributed by atoms with Crippen LogP contribution in [-0.4, -0.2) is 77.6 Å². The Kier molecular flexibility index (Phi) is 9.09. The number of hydrogen-bond acceptors (Lipinski definition) is 5. The summed E-state index contributed by atoms with van der Waals surface area (Å²) in [6.07, 6.45) is -12.5. The van der Waals surface area contributed by atoms with Gasteiger partial charge in [0.15, 0.2) is 0 Å². The van der Waals surface area contributed by atoms with Crippen molar-refractivity contribution >= 4 is 12.0 Å². The number of rotatable bonds is 6. The second-order valence-electron chi connectivity index (χ2n) is 10.5. The molecule has 7 nitrogen and oxygen atoms in total. The summed E-state index contributed by atoms with van der Waals surface area (Å²) in [5, 5.41) is 12.0. The van der Waals surface area contributed by atoms with E-state index in [4.69, 9.17) is 4.74 Å². The number of benzene rings is 2. The van der Waals surface area contributed by atoms with Gasteiger partial charge in [0.2, 0.25) is 5.91 Å². The van der Waals surface area contributed by atoms with Crippen molar-refractivity contribution < 1.29 is 45.8 Å².